The third-order valence-corrected chi connectivity index (χ3v) is 2.68. The summed E-state index contributed by atoms with van der Waals surface area (Å²) in [6.07, 6.45) is 2.75. The van der Waals surface area contributed by atoms with Crippen LogP contribution in [-0.4, -0.2) is 11.1 Å². The molecule has 3 heteroatoms. The number of fused-ring (bicyclic) bond motifs is 1. The lowest BCUT2D eigenvalue weighted by Gasteiger charge is -2.14. The van der Waals surface area contributed by atoms with E-state index < -0.39 is 0 Å². The maximum atomic E-state index is 11.6. The van der Waals surface area contributed by atoms with Crippen LogP contribution < -0.4 is 10.3 Å². The third kappa shape index (κ3) is 1.94. The SMILES string of the molecule is CCC(C)Oc1cccc2c(=O)[nH]ccc12. The lowest BCUT2D eigenvalue weighted by molar-refractivity contribution is 0.220. The molecule has 1 N–H and O–H groups in total. The number of aromatic amines is 1. The molecule has 1 atom stereocenters. The number of H-pyrrole nitrogens is 1. The molecule has 1 heterocycles. The zero-order valence-corrected chi connectivity index (χ0v) is 9.49. The van der Waals surface area contributed by atoms with Crippen LogP contribution in [0.25, 0.3) is 10.8 Å². The number of hydrogen-bond acceptors (Lipinski definition) is 2. The number of rotatable bonds is 3. The van der Waals surface area contributed by atoms with Gasteiger partial charge in [-0.25, -0.2) is 0 Å². The Bertz CT molecular complexity index is 545. The van der Waals surface area contributed by atoms with Crippen LogP contribution in [0.5, 0.6) is 5.75 Å². The highest BCUT2D eigenvalue weighted by molar-refractivity contribution is 5.87. The molecule has 16 heavy (non-hydrogen) atoms. The summed E-state index contributed by atoms with van der Waals surface area (Å²) in [5, 5.41) is 1.54. The number of ether oxygens (including phenoxy) is 1. The quantitative estimate of drug-likeness (QED) is 0.858. The Morgan fingerprint density at radius 2 is 2.12 bits per heavy atom. The van der Waals surface area contributed by atoms with Crippen molar-refractivity contribution in [2.24, 2.45) is 0 Å². The van der Waals surface area contributed by atoms with Gasteiger partial charge in [0, 0.05) is 11.6 Å². The molecule has 1 aromatic carbocycles. The first-order chi connectivity index (χ1) is 7.72. The van der Waals surface area contributed by atoms with Crippen molar-refractivity contribution >= 4 is 10.8 Å². The predicted octanol–water partition coefficient (Wildman–Crippen LogP) is 2.71. The zero-order chi connectivity index (χ0) is 11.5. The van der Waals surface area contributed by atoms with Crippen LogP contribution >= 0.6 is 0 Å². The van der Waals surface area contributed by atoms with E-state index in [0.717, 1.165) is 17.6 Å². The summed E-state index contributed by atoms with van der Waals surface area (Å²) < 4.78 is 5.78. The number of pyridine rings is 1. The molecule has 1 aromatic heterocycles. The van der Waals surface area contributed by atoms with Crippen LogP contribution in [0.3, 0.4) is 0 Å². The normalized spacial score (nSPS) is 12.6. The highest BCUT2D eigenvalue weighted by Crippen LogP contribution is 2.24. The van der Waals surface area contributed by atoms with Gasteiger partial charge in [0.2, 0.25) is 0 Å². The summed E-state index contributed by atoms with van der Waals surface area (Å²) in [6.45, 7) is 4.09. The lowest BCUT2D eigenvalue weighted by atomic mass is 10.1. The third-order valence-electron chi connectivity index (χ3n) is 2.68. The largest absolute Gasteiger partial charge is 0.490 e. The smallest absolute Gasteiger partial charge is 0.255 e. The second-order valence-electron chi connectivity index (χ2n) is 3.86. The molecule has 0 aliphatic carbocycles. The van der Waals surface area contributed by atoms with E-state index in [9.17, 15) is 4.79 Å². The Labute approximate surface area is 94.1 Å². The van der Waals surface area contributed by atoms with Crippen LogP contribution in [0.2, 0.25) is 0 Å². The average Bonchev–Trinajstić information content (AvgIpc) is 2.30. The van der Waals surface area contributed by atoms with Crippen molar-refractivity contribution in [2.75, 3.05) is 0 Å². The van der Waals surface area contributed by atoms with Crippen molar-refractivity contribution in [3.8, 4) is 5.75 Å². The highest BCUT2D eigenvalue weighted by atomic mass is 16.5. The molecule has 0 radical (unpaired) electrons. The Balaban J connectivity index is 2.54. The summed E-state index contributed by atoms with van der Waals surface area (Å²) in [4.78, 5) is 14.2. The van der Waals surface area contributed by atoms with Gasteiger partial charge in [-0.1, -0.05) is 13.0 Å². The van der Waals surface area contributed by atoms with Gasteiger partial charge in [0.1, 0.15) is 5.75 Å². The van der Waals surface area contributed by atoms with Crippen LogP contribution in [0.4, 0.5) is 0 Å². The Kier molecular flexibility index (Phi) is 2.95. The maximum absolute atomic E-state index is 11.6. The molecule has 3 nitrogen and oxygen atoms in total. The van der Waals surface area contributed by atoms with E-state index in [1.54, 1.807) is 12.3 Å². The zero-order valence-electron chi connectivity index (χ0n) is 9.49. The van der Waals surface area contributed by atoms with E-state index in [1.807, 2.05) is 25.1 Å². The Morgan fingerprint density at radius 1 is 1.31 bits per heavy atom. The van der Waals surface area contributed by atoms with E-state index in [1.165, 1.54) is 0 Å². The van der Waals surface area contributed by atoms with Gasteiger partial charge in [-0.15, -0.1) is 0 Å². The molecule has 2 aromatic rings. The number of hydrogen-bond donors (Lipinski definition) is 1. The molecule has 84 valence electrons. The summed E-state index contributed by atoms with van der Waals surface area (Å²) in [6, 6.07) is 7.41. The fraction of sp³-hybridized carbons (Fsp3) is 0.308. The van der Waals surface area contributed by atoms with Crippen molar-refractivity contribution in [2.45, 2.75) is 26.4 Å². The van der Waals surface area contributed by atoms with E-state index >= 15 is 0 Å². The van der Waals surface area contributed by atoms with Gasteiger partial charge in [0.05, 0.1) is 11.5 Å². The molecule has 0 aliphatic heterocycles. The second kappa shape index (κ2) is 4.39. The topological polar surface area (TPSA) is 42.1 Å². The van der Waals surface area contributed by atoms with Crippen molar-refractivity contribution in [1.29, 1.82) is 0 Å². The van der Waals surface area contributed by atoms with E-state index in [2.05, 4.69) is 11.9 Å². The molecule has 0 aliphatic rings. The molecule has 0 saturated carbocycles. The van der Waals surface area contributed by atoms with Gasteiger partial charge in [-0.3, -0.25) is 4.79 Å². The van der Waals surface area contributed by atoms with Gasteiger partial charge in [0.25, 0.3) is 5.56 Å². The number of aromatic nitrogens is 1. The maximum Gasteiger partial charge on any atom is 0.255 e. The van der Waals surface area contributed by atoms with Crippen LogP contribution in [-0.2, 0) is 0 Å². The molecule has 0 amide bonds. The molecule has 0 fully saturated rings. The summed E-state index contributed by atoms with van der Waals surface area (Å²) in [5.74, 6) is 0.776. The molecule has 0 bridgehead atoms. The first-order valence-corrected chi connectivity index (χ1v) is 5.49. The van der Waals surface area contributed by atoms with Gasteiger partial charge < -0.3 is 9.72 Å². The molecule has 1 unspecified atom stereocenters. The first-order valence-electron chi connectivity index (χ1n) is 5.49. The number of benzene rings is 1. The minimum atomic E-state index is -0.0768. The van der Waals surface area contributed by atoms with E-state index in [-0.39, 0.29) is 11.7 Å². The van der Waals surface area contributed by atoms with Crippen LogP contribution in [0.1, 0.15) is 20.3 Å². The molecular formula is C13H15NO2. The van der Waals surface area contributed by atoms with Crippen molar-refractivity contribution in [3.63, 3.8) is 0 Å². The summed E-state index contributed by atoms with van der Waals surface area (Å²) >= 11 is 0. The van der Waals surface area contributed by atoms with Crippen molar-refractivity contribution in [3.05, 3.63) is 40.8 Å². The molecule has 2 rings (SSSR count). The van der Waals surface area contributed by atoms with Gasteiger partial charge in [0.15, 0.2) is 0 Å². The summed E-state index contributed by atoms with van der Waals surface area (Å²) in [7, 11) is 0. The van der Waals surface area contributed by atoms with Crippen LogP contribution in [0, 0.1) is 0 Å². The van der Waals surface area contributed by atoms with Gasteiger partial charge in [-0.2, -0.15) is 0 Å². The lowest BCUT2D eigenvalue weighted by Crippen LogP contribution is -2.11. The highest BCUT2D eigenvalue weighted by Gasteiger charge is 2.06. The standard InChI is InChI=1S/C13H15NO2/c1-3-9(2)16-12-6-4-5-11-10(12)7-8-14-13(11)15/h4-9H,3H2,1-2H3,(H,14,15). The monoisotopic (exact) mass is 217 g/mol. The Hall–Kier alpha value is -1.77. The number of nitrogens with one attached hydrogen (secondary N) is 1. The fourth-order valence-electron chi connectivity index (χ4n) is 1.60. The molecule has 0 saturated heterocycles. The molecular weight excluding hydrogens is 202 g/mol. The second-order valence-corrected chi connectivity index (χ2v) is 3.86. The fourth-order valence-corrected chi connectivity index (χ4v) is 1.60. The van der Waals surface area contributed by atoms with Gasteiger partial charge in [-0.05, 0) is 31.5 Å². The summed E-state index contributed by atoms with van der Waals surface area (Å²) in [5.41, 5.74) is -0.0768. The predicted molar refractivity (Wildman–Crippen MR) is 64.9 cm³/mol. The Morgan fingerprint density at radius 3 is 2.88 bits per heavy atom. The molecule has 0 spiro atoms. The first kappa shape index (κ1) is 10.7. The van der Waals surface area contributed by atoms with Crippen LogP contribution in [0.15, 0.2) is 35.3 Å². The van der Waals surface area contributed by atoms with Gasteiger partial charge >= 0.3 is 0 Å². The van der Waals surface area contributed by atoms with E-state index in [4.69, 9.17) is 4.74 Å². The van der Waals surface area contributed by atoms with Crippen molar-refractivity contribution in [1.82, 2.24) is 4.98 Å². The minimum Gasteiger partial charge on any atom is -0.490 e. The minimum absolute atomic E-state index is 0.0768. The van der Waals surface area contributed by atoms with Crippen molar-refractivity contribution < 1.29 is 4.74 Å². The average molecular weight is 217 g/mol. The van der Waals surface area contributed by atoms with E-state index in [0.29, 0.717) is 5.39 Å².